The number of hydrogen-bond acceptors (Lipinski definition) is 5. The van der Waals surface area contributed by atoms with Gasteiger partial charge in [-0.2, -0.15) is 13.2 Å². The van der Waals surface area contributed by atoms with Gasteiger partial charge >= 0.3 is 12.1 Å². The lowest BCUT2D eigenvalue weighted by molar-refractivity contribution is -0.192. The fraction of sp³-hybridized carbons (Fsp3) is 0.619. The lowest BCUT2D eigenvalue weighted by Gasteiger charge is -2.34. The van der Waals surface area contributed by atoms with E-state index >= 15 is 0 Å². The van der Waals surface area contributed by atoms with Crippen molar-refractivity contribution in [1.82, 2.24) is 10.2 Å². The Balaban J connectivity index is 0.000000423. The summed E-state index contributed by atoms with van der Waals surface area (Å²) in [5.74, 6) is -2.22. The highest BCUT2D eigenvalue weighted by Gasteiger charge is 2.41. The number of alkyl halides is 3. The molecule has 2 aliphatic heterocycles. The standard InChI is InChI=1S/C19H28N2O3.C2HF3O2/c1-23-12-9-20-19(22)17-13-16-8-11-21(14-18(16)24-17)10-7-15-5-3-2-4-6-15;3-2(4,5)1(6)7/h2-6,16-18H,7-14H2,1H3,(H,20,22);(H,6,7)/t16-,17+,18+;/m0./s1. The molecule has 2 fully saturated rings. The third-order valence-electron chi connectivity index (χ3n) is 5.34. The molecular weight excluding hydrogens is 417 g/mol. The van der Waals surface area contributed by atoms with Crippen molar-refractivity contribution in [2.45, 2.75) is 37.6 Å². The first-order chi connectivity index (χ1) is 14.7. The van der Waals surface area contributed by atoms with Crippen molar-refractivity contribution in [3.63, 3.8) is 0 Å². The zero-order valence-corrected chi connectivity index (χ0v) is 17.4. The van der Waals surface area contributed by atoms with Crippen LogP contribution in [0.3, 0.4) is 0 Å². The number of rotatable bonds is 7. The molecule has 174 valence electrons. The van der Waals surface area contributed by atoms with Crippen LogP contribution in [0.25, 0.3) is 0 Å². The lowest BCUT2D eigenvalue weighted by Crippen LogP contribution is -2.43. The molecule has 0 spiro atoms. The number of hydrogen-bond donors (Lipinski definition) is 2. The minimum Gasteiger partial charge on any atom is -0.475 e. The van der Waals surface area contributed by atoms with Crippen molar-refractivity contribution in [3.05, 3.63) is 35.9 Å². The molecule has 0 unspecified atom stereocenters. The van der Waals surface area contributed by atoms with Gasteiger partial charge in [0.25, 0.3) is 0 Å². The second-order valence-electron chi connectivity index (χ2n) is 7.57. The Kier molecular flexibility index (Phi) is 9.73. The molecule has 0 aromatic heterocycles. The summed E-state index contributed by atoms with van der Waals surface area (Å²) in [6.45, 7) is 4.20. The zero-order chi connectivity index (χ0) is 22.9. The number of methoxy groups -OCH3 is 1. The largest absolute Gasteiger partial charge is 0.490 e. The highest BCUT2D eigenvalue weighted by molar-refractivity contribution is 5.81. The number of amides is 1. The maximum Gasteiger partial charge on any atom is 0.490 e. The van der Waals surface area contributed by atoms with Crippen molar-refractivity contribution in [2.24, 2.45) is 5.92 Å². The molecule has 2 N–H and O–H groups in total. The number of benzene rings is 1. The van der Waals surface area contributed by atoms with Crippen molar-refractivity contribution < 1.29 is 37.3 Å². The summed E-state index contributed by atoms with van der Waals surface area (Å²) in [5, 5.41) is 10.0. The molecule has 1 aromatic carbocycles. The second-order valence-corrected chi connectivity index (χ2v) is 7.57. The maximum absolute atomic E-state index is 12.2. The predicted octanol–water partition coefficient (Wildman–Crippen LogP) is 2.10. The SMILES string of the molecule is COCCNC(=O)[C@H]1C[C@@H]2CCN(CCc3ccccc3)C[C@H]2O1.O=C(O)C(F)(F)F. The molecule has 1 aromatic rings. The van der Waals surface area contributed by atoms with E-state index in [1.165, 1.54) is 5.56 Å². The highest BCUT2D eigenvalue weighted by Crippen LogP contribution is 2.33. The van der Waals surface area contributed by atoms with E-state index < -0.39 is 12.1 Å². The summed E-state index contributed by atoms with van der Waals surface area (Å²) in [7, 11) is 1.64. The fourth-order valence-electron chi connectivity index (χ4n) is 3.69. The summed E-state index contributed by atoms with van der Waals surface area (Å²) in [5.41, 5.74) is 1.38. The van der Waals surface area contributed by atoms with Crippen LogP contribution < -0.4 is 5.32 Å². The monoisotopic (exact) mass is 446 g/mol. The Morgan fingerprint density at radius 2 is 1.97 bits per heavy atom. The molecule has 3 rings (SSSR count). The summed E-state index contributed by atoms with van der Waals surface area (Å²) in [6.07, 6.45) is -2.12. The lowest BCUT2D eigenvalue weighted by atomic mass is 9.91. The van der Waals surface area contributed by atoms with Crippen LogP contribution in [-0.4, -0.2) is 80.2 Å². The molecular formula is C21H29F3N2O5. The van der Waals surface area contributed by atoms with Crippen LogP contribution >= 0.6 is 0 Å². The summed E-state index contributed by atoms with van der Waals surface area (Å²) < 4.78 is 42.7. The summed E-state index contributed by atoms with van der Waals surface area (Å²) in [6, 6.07) is 10.6. The van der Waals surface area contributed by atoms with Gasteiger partial charge in [-0.05, 0) is 37.3 Å². The summed E-state index contributed by atoms with van der Waals surface area (Å²) >= 11 is 0. The van der Waals surface area contributed by atoms with E-state index in [4.69, 9.17) is 19.4 Å². The number of likely N-dealkylation sites (tertiary alicyclic amines) is 1. The van der Waals surface area contributed by atoms with Crippen molar-refractivity contribution in [2.75, 3.05) is 39.9 Å². The zero-order valence-electron chi connectivity index (χ0n) is 17.4. The van der Waals surface area contributed by atoms with E-state index in [1.807, 2.05) is 0 Å². The number of carboxylic acid groups (broad SMARTS) is 1. The van der Waals surface area contributed by atoms with E-state index in [1.54, 1.807) is 7.11 Å². The maximum atomic E-state index is 12.2. The first-order valence-electron chi connectivity index (χ1n) is 10.2. The number of carbonyl (C=O) groups excluding carboxylic acids is 1. The molecule has 2 aliphatic rings. The Hall–Kier alpha value is -2.17. The van der Waals surface area contributed by atoms with E-state index in [2.05, 4.69) is 40.5 Å². The van der Waals surface area contributed by atoms with Gasteiger partial charge in [-0.1, -0.05) is 30.3 Å². The highest BCUT2D eigenvalue weighted by atomic mass is 19.4. The van der Waals surface area contributed by atoms with E-state index in [9.17, 15) is 18.0 Å². The molecule has 0 radical (unpaired) electrons. The Labute approximate surface area is 179 Å². The Morgan fingerprint density at radius 3 is 2.58 bits per heavy atom. The Morgan fingerprint density at radius 1 is 1.29 bits per heavy atom. The first-order valence-corrected chi connectivity index (χ1v) is 10.2. The van der Waals surface area contributed by atoms with Gasteiger partial charge in [0, 0.05) is 26.7 Å². The van der Waals surface area contributed by atoms with Gasteiger partial charge in [0.1, 0.15) is 6.10 Å². The van der Waals surface area contributed by atoms with Gasteiger partial charge in [-0.15, -0.1) is 0 Å². The summed E-state index contributed by atoms with van der Waals surface area (Å²) in [4.78, 5) is 23.5. The van der Waals surface area contributed by atoms with Crippen LogP contribution in [-0.2, 0) is 25.5 Å². The van der Waals surface area contributed by atoms with Gasteiger partial charge < -0.3 is 24.8 Å². The second kappa shape index (κ2) is 12.0. The average molecular weight is 446 g/mol. The van der Waals surface area contributed by atoms with Crippen LogP contribution in [0.5, 0.6) is 0 Å². The number of carbonyl (C=O) groups is 2. The molecule has 1 amide bonds. The van der Waals surface area contributed by atoms with Crippen LogP contribution in [0, 0.1) is 5.92 Å². The molecule has 0 saturated carbocycles. The van der Waals surface area contributed by atoms with E-state index in [0.29, 0.717) is 19.1 Å². The molecule has 3 atom stereocenters. The number of fused-ring (bicyclic) bond motifs is 1. The number of halogens is 3. The number of aliphatic carboxylic acids is 1. The molecule has 31 heavy (non-hydrogen) atoms. The van der Waals surface area contributed by atoms with Crippen molar-refractivity contribution in [3.8, 4) is 0 Å². The third kappa shape index (κ3) is 8.47. The van der Waals surface area contributed by atoms with Gasteiger partial charge in [0.2, 0.25) is 5.91 Å². The molecule has 0 aliphatic carbocycles. The van der Waals surface area contributed by atoms with Gasteiger partial charge in [-0.25, -0.2) is 4.79 Å². The van der Waals surface area contributed by atoms with Crippen LogP contribution in [0.15, 0.2) is 30.3 Å². The Bertz CT molecular complexity index is 702. The molecule has 10 heteroatoms. The number of carboxylic acids is 1. The van der Waals surface area contributed by atoms with E-state index in [0.717, 1.165) is 38.9 Å². The normalized spacial score (nSPS) is 23.4. The van der Waals surface area contributed by atoms with Crippen LogP contribution in [0.1, 0.15) is 18.4 Å². The first kappa shape index (κ1) is 25.1. The third-order valence-corrected chi connectivity index (χ3v) is 5.34. The van der Waals surface area contributed by atoms with E-state index in [-0.39, 0.29) is 18.1 Å². The molecule has 7 nitrogen and oxygen atoms in total. The van der Waals surface area contributed by atoms with Gasteiger partial charge in [0.05, 0.1) is 12.7 Å². The molecule has 0 bridgehead atoms. The molecule has 2 heterocycles. The van der Waals surface area contributed by atoms with Gasteiger partial charge in [0.15, 0.2) is 0 Å². The minimum absolute atomic E-state index is 0.0114. The number of nitrogens with one attached hydrogen (secondary N) is 1. The van der Waals surface area contributed by atoms with Crippen molar-refractivity contribution in [1.29, 1.82) is 0 Å². The van der Waals surface area contributed by atoms with Crippen LogP contribution in [0.4, 0.5) is 13.2 Å². The smallest absolute Gasteiger partial charge is 0.475 e. The average Bonchev–Trinajstić information content (AvgIpc) is 3.16. The minimum atomic E-state index is -5.08. The predicted molar refractivity (Wildman–Crippen MR) is 107 cm³/mol. The number of nitrogens with zero attached hydrogens (tertiary/aromatic N) is 1. The van der Waals surface area contributed by atoms with Crippen molar-refractivity contribution >= 4 is 11.9 Å². The van der Waals surface area contributed by atoms with Crippen LogP contribution in [0.2, 0.25) is 0 Å². The topological polar surface area (TPSA) is 88.1 Å². The molecule has 2 saturated heterocycles. The number of ether oxygens (including phenoxy) is 2. The quantitative estimate of drug-likeness (QED) is 0.624. The van der Waals surface area contributed by atoms with Gasteiger partial charge in [-0.3, -0.25) is 4.79 Å². The number of piperidine rings is 1. The fourth-order valence-corrected chi connectivity index (χ4v) is 3.69.